The van der Waals surface area contributed by atoms with Crippen molar-refractivity contribution in [1.29, 1.82) is 0 Å². The molecule has 0 N–H and O–H groups in total. The van der Waals surface area contributed by atoms with Crippen LogP contribution in [0.25, 0.3) is 0 Å². The highest BCUT2D eigenvalue weighted by atomic mass is 16.2. The lowest BCUT2D eigenvalue weighted by atomic mass is 10.1. The van der Waals surface area contributed by atoms with Gasteiger partial charge in [0.1, 0.15) is 0 Å². The Labute approximate surface area is 104 Å². The maximum Gasteiger partial charge on any atom is 0.226 e. The molecule has 0 spiro atoms. The molecular weight excluding hydrogens is 210 g/mol. The van der Waals surface area contributed by atoms with Crippen molar-refractivity contribution in [2.75, 3.05) is 11.4 Å². The molecule has 1 heterocycles. The van der Waals surface area contributed by atoms with Gasteiger partial charge in [-0.15, -0.1) is 0 Å². The minimum Gasteiger partial charge on any atom is -0.312 e. The Morgan fingerprint density at radius 1 is 1.24 bits per heavy atom. The van der Waals surface area contributed by atoms with Crippen molar-refractivity contribution in [2.45, 2.75) is 45.4 Å². The number of para-hydroxylation sites is 1. The number of hydrogen-bond donors (Lipinski definition) is 0. The zero-order valence-corrected chi connectivity index (χ0v) is 10.6. The number of fused-ring (bicyclic) bond motifs is 1. The molecule has 0 bridgehead atoms. The van der Waals surface area contributed by atoms with E-state index in [1.165, 1.54) is 24.8 Å². The van der Waals surface area contributed by atoms with Crippen molar-refractivity contribution in [3.05, 3.63) is 29.8 Å². The summed E-state index contributed by atoms with van der Waals surface area (Å²) >= 11 is 0. The second-order valence-corrected chi connectivity index (χ2v) is 4.73. The van der Waals surface area contributed by atoms with Gasteiger partial charge in [-0.3, -0.25) is 4.79 Å². The van der Waals surface area contributed by atoms with Gasteiger partial charge in [0.05, 0.1) is 0 Å². The molecule has 0 unspecified atom stereocenters. The van der Waals surface area contributed by atoms with Gasteiger partial charge in [0, 0.05) is 18.7 Å². The minimum atomic E-state index is 0.297. The second kappa shape index (κ2) is 5.85. The molecule has 2 rings (SSSR count). The molecule has 0 aromatic heterocycles. The van der Waals surface area contributed by atoms with Gasteiger partial charge in [-0.2, -0.15) is 0 Å². The number of rotatable bonds is 5. The number of nitrogens with zero attached hydrogens (tertiary/aromatic N) is 1. The maximum absolute atomic E-state index is 12.1. The standard InChI is InChI=1S/C15H21NO/c1-2-3-4-5-10-15(17)16-12-11-13-8-6-7-9-14(13)16/h6-9H,2-5,10-12H2,1H3. The minimum absolute atomic E-state index is 0.297. The summed E-state index contributed by atoms with van der Waals surface area (Å²) in [6.07, 6.45) is 6.39. The highest BCUT2D eigenvalue weighted by Crippen LogP contribution is 2.28. The van der Waals surface area contributed by atoms with E-state index in [0.717, 1.165) is 25.1 Å². The number of hydrogen-bond acceptors (Lipinski definition) is 1. The van der Waals surface area contributed by atoms with Crippen molar-refractivity contribution in [2.24, 2.45) is 0 Å². The van der Waals surface area contributed by atoms with Crippen LogP contribution in [0.2, 0.25) is 0 Å². The van der Waals surface area contributed by atoms with Crippen LogP contribution in [0, 0.1) is 0 Å². The Balaban J connectivity index is 1.89. The van der Waals surface area contributed by atoms with Gasteiger partial charge in [0.25, 0.3) is 0 Å². The first-order chi connectivity index (χ1) is 8.33. The molecule has 1 aliphatic rings. The van der Waals surface area contributed by atoms with Crippen molar-refractivity contribution in [3.63, 3.8) is 0 Å². The summed E-state index contributed by atoms with van der Waals surface area (Å²) in [6, 6.07) is 8.25. The molecule has 0 radical (unpaired) electrons. The summed E-state index contributed by atoms with van der Waals surface area (Å²) in [6.45, 7) is 3.06. The Bertz CT molecular complexity index is 386. The molecule has 0 atom stereocenters. The Hall–Kier alpha value is -1.31. The lowest BCUT2D eigenvalue weighted by Crippen LogP contribution is -2.28. The molecule has 0 saturated carbocycles. The predicted molar refractivity (Wildman–Crippen MR) is 71.3 cm³/mol. The van der Waals surface area contributed by atoms with Crippen LogP contribution in [0.1, 0.15) is 44.6 Å². The van der Waals surface area contributed by atoms with Crippen LogP contribution in [0.5, 0.6) is 0 Å². The van der Waals surface area contributed by atoms with Crippen molar-refractivity contribution in [3.8, 4) is 0 Å². The number of carbonyl (C=O) groups is 1. The van der Waals surface area contributed by atoms with E-state index in [-0.39, 0.29) is 0 Å². The van der Waals surface area contributed by atoms with Crippen LogP contribution in [0.15, 0.2) is 24.3 Å². The number of amides is 1. The topological polar surface area (TPSA) is 20.3 Å². The van der Waals surface area contributed by atoms with E-state index >= 15 is 0 Å². The summed E-state index contributed by atoms with van der Waals surface area (Å²) in [4.78, 5) is 14.1. The Morgan fingerprint density at radius 3 is 2.88 bits per heavy atom. The molecule has 0 aliphatic carbocycles. The van der Waals surface area contributed by atoms with E-state index in [2.05, 4.69) is 19.1 Å². The van der Waals surface area contributed by atoms with E-state index in [0.29, 0.717) is 12.3 Å². The van der Waals surface area contributed by atoms with Crippen molar-refractivity contribution < 1.29 is 4.79 Å². The molecule has 92 valence electrons. The second-order valence-electron chi connectivity index (χ2n) is 4.73. The third-order valence-corrected chi connectivity index (χ3v) is 3.43. The molecule has 0 saturated heterocycles. The average molecular weight is 231 g/mol. The van der Waals surface area contributed by atoms with Crippen LogP contribution >= 0.6 is 0 Å². The normalized spacial score (nSPS) is 13.8. The van der Waals surface area contributed by atoms with E-state index < -0.39 is 0 Å². The molecule has 1 amide bonds. The van der Waals surface area contributed by atoms with E-state index in [4.69, 9.17) is 0 Å². The van der Waals surface area contributed by atoms with Crippen LogP contribution in [-0.4, -0.2) is 12.5 Å². The lowest BCUT2D eigenvalue weighted by molar-refractivity contribution is -0.118. The first-order valence-electron chi connectivity index (χ1n) is 6.71. The summed E-state index contributed by atoms with van der Waals surface area (Å²) in [5, 5.41) is 0. The van der Waals surface area contributed by atoms with Gasteiger partial charge in [-0.25, -0.2) is 0 Å². The first-order valence-corrected chi connectivity index (χ1v) is 6.71. The van der Waals surface area contributed by atoms with Gasteiger partial charge in [-0.05, 0) is 24.5 Å². The SMILES string of the molecule is CCCCCCC(=O)N1CCc2ccccc21. The van der Waals surface area contributed by atoms with Gasteiger partial charge >= 0.3 is 0 Å². The van der Waals surface area contributed by atoms with Gasteiger partial charge in [-0.1, -0.05) is 44.4 Å². The van der Waals surface area contributed by atoms with Crippen LogP contribution in [-0.2, 0) is 11.2 Å². The molecule has 17 heavy (non-hydrogen) atoms. The Morgan fingerprint density at radius 2 is 2.06 bits per heavy atom. The fourth-order valence-corrected chi connectivity index (χ4v) is 2.44. The summed E-state index contributed by atoms with van der Waals surface area (Å²) < 4.78 is 0. The van der Waals surface area contributed by atoms with Gasteiger partial charge < -0.3 is 4.90 Å². The monoisotopic (exact) mass is 231 g/mol. The third kappa shape index (κ3) is 2.87. The van der Waals surface area contributed by atoms with E-state index in [9.17, 15) is 4.79 Å². The largest absolute Gasteiger partial charge is 0.312 e. The lowest BCUT2D eigenvalue weighted by Gasteiger charge is -2.17. The number of carbonyl (C=O) groups excluding carboxylic acids is 1. The number of unbranched alkanes of at least 4 members (excludes halogenated alkanes) is 3. The molecule has 1 aromatic carbocycles. The van der Waals surface area contributed by atoms with Crippen molar-refractivity contribution >= 4 is 11.6 Å². The van der Waals surface area contributed by atoms with Crippen LogP contribution in [0.3, 0.4) is 0 Å². The Kier molecular flexibility index (Phi) is 4.18. The average Bonchev–Trinajstić information content (AvgIpc) is 2.78. The molecule has 0 fully saturated rings. The van der Waals surface area contributed by atoms with Crippen LogP contribution < -0.4 is 4.90 Å². The number of anilines is 1. The first kappa shape index (κ1) is 12.2. The van der Waals surface area contributed by atoms with Crippen molar-refractivity contribution in [1.82, 2.24) is 0 Å². The zero-order chi connectivity index (χ0) is 12.1. The molecule has 1 aromatic rings. The molecule has 2 nitrogen and oxygen atoms in total. The fourth-order valence-electron chi connectivity index (χ4n) is 2.44. The zero-order valence-electron chi connectivity index (χ0n) is 10.6. The van der Waals surface area contributed by atoms with E-state index in [1.54, 1.807) is 0 Å². The molecular formula is C15H21NO. The third-order valence-electron chi connectivity index (χ3n) is 3.43. The van der Waals surface area contributed by atoms with Gasteiger partial charge in [0.15, 0.2) is 0 Å². The highest BCUT2D eigenvalue weighted by Gasteiger charge is 2.23. The van der Waals surface area contributed by atoms with E-state index in [1.807, 2.05) is 17.0 Å². The molecule has 2 heteroatoms. The maximum atomic E-state index is 12.1. The predicted octanol–water partition coefficient (Wildman–Crippen LogP) is 3.55. The number of benzene rings is 1. The molecule has 1 aliphatic heterocycles. The summed E-state index contributed by atoms with van der Waals surface area (Å²) in [5.74, 6) is 0.297. The quantitative estimate of drug-likeness (QED) is 0.710. The van der Waals surface area contributed by atoms with Crippen LogP contribution in [0.4, 0.5) is 5.69 Å². The fraction of sp³-hybridized carbons (Fsp3) is 0.533. The smallest absolute Gasteiger partial charge is 0.226 e. The summed E-state index contributed by atoms with van der Waals surface area (Å²) in [7, 11) is 0. The highest BCUT2D eigenvalue weighted by molar-refractivity contribution is 5.95. The van der Waals surface area contributed by atoms with Gasteiger partial charge in [0.2, 0.25) is 5.91 Å². The summed E-state index contributed by atoms with van der Waals surface area (Å²) in [5.41, 5.74) is 2.45.